The van der Waals surface area contributed by atoms with Crippen LogP contribution < -0.4 is 4.90 Å². The Morgan fingerprint density at radius 2 is 0.912 bits per heavy atom. The summed E-state index contributed by atoms with van der Waals surface area (Å²) in [5.41, 5.74) is -5.58. The first-order valence-corrected chi connectivity index (χ1v) is 21.5. The Morgan fingerprint density at radius 1 is 0.324 bits per heavy atom. The van der Waals surface area contributed by atoms with Gasteiger partial charge in [-0.15, -0.1) is 0 Å². The highest BCUT2D eigenvalue weighted by atomic mass is 15.1. The first-order chi connectivity index (χ1) is 44.5. The fraction of sp³-hybridized carbons (Fsp3) is 0.0149. The zero-order valence-corrected chi connectivity index (χ0v) is 35.4. The van der Waals surface area contributed by atoms with Crippen molar-refractivity contribution in [3.63, 3.8) is 0 Å². The molecule has 1 heteroatoms. The summed E-state index contributed by atoms with van der Waals surface area (Å²) < 4.78 is 246. The third-order valence-electron chi connectivity index (χ3n) is 12.4. The second kappa shape index (κ2) is 16.3. The lowest BCUT2D eigenvalue weighted by molar-refractivity contribution is 0.768. The Bertz CT molecular complexity index is 5260. The summed E-state index contributed by atoms with van der Waals surface area (Å²) >= 11 is 0. The van der Waals surface area contributed by atoms with Crippen LogP contribution in [-0.2, 0) is 5.41 Å². The number of nitrogens with zero attached hydrogens (tertiary/aromatic N) is 1. The summed E-state index contributed by atoms with van der Waals surface area (Å²) in [5.74, 6) is 0. The van der Waals surface area contributed by atoms with Crippen LogP contribution in [0.1, 0.15) is 57.9 Å². The van der Waals surface area contributed by atoms with Crippen molar-refractivity contribution >= 4 is 49.4 Å². The number of fused-ring (bicyclic) bond motifs is 7. The van der Waals surface area contributed by atoms with Gasteiger partial charge in [-0.05, 0) is 124 Å². The Balaban J connectivity index is 1.23. The zero-order valence-electron chi connectivity index (χ0n) is 61.4. The molecular weight excluding hydrogens is 819 g/mol. The third-order valence-corrected chi connectivity index (χ3v) is 12.4. The molecule has 68 heavy (non-hydrogen) atoms. The van der Waals surface area contributed by atoms with Gasteiger partial charge in [-0.2, -0.15) is 0 Å². The second-order valence-corrected chi connectivity index (χ2v) is 16.0. The second-order valence-electron chi connectivity index (χ2n) is 16.0. The smallest absolute Gasteiger partial charge is 0.0714 e. The van der Waals surface area contributed by atoms with Gasteiger partial charge < -0.3 is 4.90 Å². The molecule has 0 unspecified atom stereocenters. The molecule has 0 radical (unpaired) electrons. The number of hydrogen-bond donors (Lipinski definition) is 0. The molecule has 318 valence electrons. The number of benzene rings is 12. The molecule has 13 rings (SSSR count). The Hall–Kier alpha value is -8.78. The first kappa shape index (κ1) is 21.2. The summed E-state index contributed by atoms with van der Waals surface area (Å²) in [5, 5.41) is -0.588. The van der Waals surface area contributed by atoms with E-state index in [0.29, 0.717) is 11.1 Å². The van der Waals surface area contributed by atoms with E-state index < -0.39 is 229 Å². The number of hydrogen-bond acceptors (Lipinski definition) is 1. The molecule has 0 fully saturated rings. The highest BCUT2D eigenvalue weighted by Gasteiger charge is 2.46. The van der Waals surface area contributed by atoms with E-state index in [4.69, 9.17) is 16.4 Å². The van der Waals surface area contributed by atoms with E-state index in [0.717, 1.165) is 37.9 Å². The van der Waals surface area contributed by atoms with Crippen LogP contribution in [-0.4, -0.2) is 0 Å². The molecule has 0 bridgehead atoms. The monoisotopic (exact) mass is 890 g/mol. The summed E-state index contributed by atoms with van der Waals surface area (Å²) in [6, 6.07) is 9.26. The van der Waals surface area contributed by atoms with Crippen molar-refractivity contribution in [2.24, 2.45) is 0 Å². The van der Waals surface area contributed by atoms with Crippen molar-refractivity contribution in [1.29, 1.82) is 0 Å². The largest absolute Gasteiger partial charge is 0.310 e. The zero-order chi connectivity index (χ0) is 67.6. The average Bonchev–Trinajstić information content (AvgIpc) is 1.46. The molecule has 0 saturated carbocycles. The lowest BCUT2D eigenvalue weighted by Gasteiger charge is -2.35. The third kappa shape index (κ3) is 6.32. The number of rotatable bonds is 8. The van der Waals surface area contributed by atoms with Crippen LogP contribution in [0.5, 0.6) is 0 Å². The van der Waals surface area contributed by atoms with Gasteiger partial charge in [0.2, 0.25) is 0 Å². The minimum absolute atomic E-state index is 0.196. The molecule has 1 aliphatic carbocycles. The van der Waals surface area contributed by atoms with Gasteiger partial charge in [0.1, 0.15) is 0 Å². The van der Waals surface area contributed by atoms with Crippen molar-refractivity contribution in [3.05, 3.63) is 295 Å². The molecule has 0 aliphatic heterocycles. The molecular formula is C67H45N. The van der Waals surface area contributed by atoms with Crippen LogP contribution in [0.4, 0.5) is 17.1 Å². The van der Waals surface area contributed by atoms with E-state index in [1.54, 1.807) is 12.1 Å². The Kier molecular flexibility index (Phi) is 5.08. The van der Waals surface area contributed by atoms with Gasteiger partial charge >= 0.3 is 0 Å². The molecule has 0 aromatic heterocycles. The van der Waals surface area contributed by atoms with Crippen LogP contribution in [0.15, 0.2) is 272 Å². The van der Waals surface area contributed by atoms with Crippen molar-refractivity contribution in [2.45, 2.75) is 5.41 Å². The molecule has 1 aliphatic rings. The Morgan fingerprint density at radius 3 is 1.68 bits per heavy atom. The van der Waals surface area contributed by atoms with E-state index >= 15 is 0 Å². The highest BCUT2D eigenvalue weighted by Crippen LogP contribution is 2.57. The number of anilines is 3. The summed E-state index contributed by atoms with van der Waals surface area (Å²) in [7, 11) is 0. The summed E-state index contributed by atoms with van der Waals surface area (Å²) in [4.78, 5) is 0.953. The predicted molar refractivity (Wildman–Crippen MR) is 287 cm³/mol. The molecule has 0 saturated heterocycles. The maximum absolute atomic E-state index is 11.0. The van der Waals surface area contributed by atoms with E-state index in [1.807, 2.05) is 91.0 Å². The highest BCUT2D eigenvalue weighted by molar-refractivity contribution is 6.15. The van der Waals surface area contributed by atoms with Gasteiger partial charge in [0.25, 0.3) is 0 Å². The van der Waals surface area contributed by atoms with Gasteiger partial charge in [0.15, 0.2) is 0 Å². The van der Waals surface area contributed by atoms with Crippen molar-refractivity contribution < 1.29 is 35.6 Å². The van der Waals surface area contributed by atoms with Crippen LogP contribution in [0, 0.1) is 0 Å². The van der Waals surface area contributed by atoms with Crippen LogP contribution in [0.25, 0.3) is 76.8 Å². The quantitative estimate of drug-likeness (QED) is 0.137. The Labute approximate surface area is 434 Å². The molecule has 12 aromatic carbocycles. The van der Waals surface area contributed by atoms with Crippen molar-refractivity contribution in [1.82, 2.24) is 0 Å². The molecule has 0 atom stereocenters. The fourth-order valence-corrected chi connectivity index (χ4v) is 9.45. The SMILES string of the molecule is [2H]c1c([2H])c([2H])c(C2(c3c([2H])c([2H])c([2H])c([2H])c3[2H])c3c([2H])c([2H])c([2H])c([2H])c3-c3c([2H])c([2H])c(N(c4ccc(-c5ccc6ccccc6c5-c5ccc(-c6ccccc6)cc5)cc4)c4c([2H])c5c([2H])c([2H])c([2H])c([2H])c5c5c([2H])c([2H])c([2H])c([2H])c45)c([2H])c32)c([2H])c1[2H]. The van der Waals surface area contributed by atoms with Crippen molar-refractivity contribution in [3.8, 4) is 44.5 Å². The van der Waals surface area contributed by atoms with Crippen LogP contribution >= 0.6 is 0 Å². The molecule has 12 aromatic rings. The minimum atomic E-state index is -3.28. The van der Waals surface area contributed by atoms with E-state index in [1.165, 1.54) is 12.1 Å². The maximum atomic E-state index is 11.0. The normalized spacial score (nSPS) is 17.9. The van der Waals surface area contributed by atoms with E-state index in [9.17, 15) is 19.2 Å². The minimum Gasteiger partial charge on any atom is -0.310 e. The molecule has 1 nitrogen and oxygen atoms in total. The van der Waals surface area contributed by atoms with Crippen LogP contribution in [0.2, 0.25) is 0 Å². The average molecular weight is 890 g/mol. The van der Waals surface area contributed by atoms with E-state index in [2.05, 4.69) is 0 Å². The first-order valence-electron chi connectivity index (χ1n) is 34.5. The van der Waals surface area contributed by atoms with Gasteiger partial charge in [-0.25, -0.2) is 0 Å². The van der Waals surface area contributed by atoms with Crippen LogP contribution in [0.3, 0.4) is 0 Å². The molecule has 0 N–H and O–H groups in total. The molecule has 0 amide bonds. The predicted octanol–water partition coefficient (Wildman–Crippen LogP) is 18.0. The topological polar surface area (TPSA) is 3.24 Å². The van der Waals surface area contributed by atoms with E-state index in [-0.39, 0.29) is 5.69 Å². The van der Waals surface area contributed by atoms with Gasteiger partial charge in [-0.3, -0.25) is 0 Å². The standard InChI is InChI=1S/C67H45N/c1-4-18-46(19-5-1)47-32-34-50(35-33-47)66-57-27-13-10-20-48(57)38-42-58(66)49-36-39-54(40-37-49)68(65-44-51-21-11-12-26-56(51)59-28-14-15-30-62(59)65)55-41-43-61-60-29-16-17-31-63(60)67(64(61)45-55,52-22-6-2-7-23-52)53-24-8-3-9-25-53/h1-45H/i2D,3D,6D,7D,8D,9D,11D,12D,14D,15D,16D,17D,21D,22D,23D,24D,25D,26D,28D,29D,30D,31D,41D,43D,44D,45D. The summed E-state index contributed by atoms with van der Waals surface area (Å²) in [6.07, 6.45) is 0. The molecule has 0 heterocycles. The van der Waals surface area contributed by atoms with Gasteiger partial charge in [-0.1, -0.05) is 242 Å². The fourth-order valence-electron chi connectivity index (χ4n) is 9.45. The lowest BCUT2D eigenvalue weighted by atomic mass is 9.67. The van der Waals surface area contributed by atoms with Gasteiger partial charge in [0.05, 0.1) is 46.7 Å². The molecule has 0 spiro atoms. The van der Waals surface area contributed by atoms with Gasteiger partial charge in [0, 0.05) is 16.8 Å². The lowest BCUT2D eigenvalue weighted by Crippen LogP contribution is -2.28. The summed E-state index contributed by atoms with van der Waals surface area (Å²) in [6.45, 7) is 0. The maximum Gasteiger partial charge on any atom is 0.0714 e. The van der Waals surface area contributed by atoms with Crippen molar-refractivity contribution in [2.75, 3.05) is 4.90 Å².